The average molecular weight is 662 g/mol. The van der Waals surface area contributed by atoms with E-state index in [9.17, 15) is 5.11 Å². The van der Waals surface area contributed by atoms with Crippen molar-refractivity contribution in [2.75, 3.05) is 33.9 Å². The summed E-state index contributed by atoms with van der Waals surface area (Å²) in [6.07, 6.45) is 3.10. The summed E-state index contributed by atoms with van der Waals surface area (Å²) < 4.78 is 12.0. The van der Waals surface area contributed by atoms with E-state index in [0.717, 1.165) is 49.3 Å². The zero-order chi connectivity index (χ0) is 31.0. The van der Waals surface area contributed by atoms with Crippen LogP contribution in [0, 0.1) is 11.8 Å². The van der Waals surface area contributed by atoms with Gasteiger partial charge in [-0.2, -0.15) is 0 Å². The standard InChI is InChI=1S/C27H41NO2.C12H10O.BrH/c1-21(2)18-25-8-7-9-27(26(25)19-22(3)4)30-17-16-29-15-14-23-10-12-24(13-11-23)20-28(5)6;13-12-9-5-4-8-11(12)10-6-2-1-3-7-10;/h7-13,21-22H,14-20H2,1-6H3;1-9,13H;1H/p-1. The number of para-hydroxylation sites is 1. The summed E-state index contributed by atoms with van der Waals surface area (Å²) in [5.41, 5.74) is 7.26. The molecular weight excluding hydrogens is 610 g/mol. The van der Waals surface area contributed by atoms with Gasteiger partial charge in [-0.25, -0.2) is 0 Å². The maximum absolute atomic E-state index is 11.4. The smallest absolute Gasteiger partial charge is 0.122 e. The summed E-state index contributed by atoms with van der Waals surface area (Å²) in [4.78, 5) is 1.44. The molecule has 0 aromatic heterocycles. The van der Waals surface area contributed by atoms with Gasteiger partial charge in [0.15, 0.2) is 0 Å². The number of quaternary nitrogens is 1. The van der Waals surface area contributed by atoms with Gasteiger partial charge in [0.2, 0.25) is 0 Å². The molecule has 0 aliphatic carbocycles. The second-order valence-corrected chi connectivity index (χ2v) is 12.4. The highest BCUT2D eigenvalue weighted by molar-refractivity contribution is 5.69. The highest BCUT2D eigenvalue weighted by atomic mass is 79.9. The fourth-order valence-corrected chi connectivity index (χ4v) is 5.07. The highest BCUT2D eigenvalue weighted by Crippen LogP contribution is 2.28. The predicted molar refractivity (Wildman–Crippen MR) is 178 cm³/mol. The zero-order valence-electron chi connectivity index (χ0n) is 27.4. The van der Waals surface area contributed by atoms with Crippen LogP contribution in [0.2, 0.25) is 0 Å². The number of nitrogens with one attached hydrogen (secondary N) is 1. The summed E-state index contributed by atoms with van der Waals surface area (Å²) in [5, 5.41) is 11.4. The topological polar surface area (TPSA) is 46.0 Å². The molecule has 5 heteroatoms. The second kappa shape index (κ2) is 20.0. The van der Waals surface area contributed by atoms with Crippen LogP contribution in [0.15, 0.2) is 97.1 Å². The molecule has 0 aliphatic rings. The normalized spacial score (nSPS) is 10.8. The summed E-state index contributed by atoms with van der Waals surface area (Å²) >= 11 is 0. The fraction of sp³-hybridized carbons (Fsp3) is 0.385. The SMILES string of the molecule is CC(C)Cc1cccc(OCCOCCc2ccc(C[NH+](C)C)cc2)c1CC(C)C.[Br-].[O-]c1ccccc1-c1ccccc1. The van der Waals surface area contributed by atoms with Gasteiger partial charge in [0.25, 0.3) is 0 Å². The van der Waals surface area contributed by atoms with Crippen LogP contribution in [0.5, 0.6) is 11.5 Å². The summed E-state index contributed by atoms with van der Waals surface area (Å²) in [7, 11) is 4.35. The van der Waals surface area contributed by atoms with Crippen LogP contribution in [0.4, 0.5) is 0 Å². The first-order valence-corrected chi connectivity index (χ1v) is 15.7. The Labute approximate surface area is 276 Å². The van der Waals surface area contributed by atoms with Crippen molar-refractivity contribution < 1.29 is 36.5 Å². The molecule has 4 nitrogen and oxygen atoms in total. The first kappa shape index (κ1) is 37.1. The van der Waals surface area contributed by atoms with Gasteiger partial charge in [-0.3, -0.25) is 0 Å². The average Bonchev–Trinajstić information content (AvgIpc) is 2.97. The molecule has 0 spiro atoms. The lowest BCUT2D eigenvalue weighted by Crippen LogP contribution is -3.04. The minimum absolute atomic E-state index is 0. The van der Waals surface area contributed by atoms with Crippen LogP contribution in [-0.2, 0) is 30.5 Å². The van der Waals surface area contributed by atoms with E-state index in [1.165, 1.54) is 27.2 Å². The molecular formula is C39H51BrNO3-. The van der Waals surface area contributed by atoms with E-state index >= 15 is 0 Å². The Morgan fingerprint density at radius 3 is 1.93 bits per heavy atom. The van der Waals surface area contributed by atoms with Crippen molar-refractivity contribution in [3.63, 3.8) is 0 Å². The molecule has 0 amide bonds. The van der Waals surface area contributed by atoms with Crippen LogP contribution in [0.1, 0.15) is 49.9 Å². The number of hydrogen-bond donors (Lipinski definition) is 1. The highest BCUT2D eigenvalue weighted by Gasteiger charge is 2.12. The first-order chi connectivity index (χ1) is 20.7. The lowest BCUT2D eigenvalue weighted by Gasteiger charge is -2.18. The fourth-order valence-electron chi connectivity index (χ4n) is 5.07. The molecule has 0 fully saturated rings. The number of halogens is 1. The molecule has 44 heavy (non-hydrogen) atoms. The van der Waals surface area contributed by atoms with Gasteiger partial charge in [0.1, 0.15) is 18.9 Å². The number of benzene rings is 4. The number of ether oxygens (including phenoxy) is 2. The third-order valence-corrected chi connectivity index (χ3v) is 7.04. The molecule has 0 bridgehead atoms. The van der Waals surface area contributed by atoms with Gasteiger partial charge < -0.3 is 36.5 Å². The molecule has 0 atom stereocenters. The van der Waals surface area contributed by atoms with E-state index in [0.29, 0.717) is 25.0 Å². The molecule has 1 N–H and O–H groups in total. The van der Waals surface area contributed by atoms with E-state index < -0.39 is 0 Å². The molecule has 0 heterocycles. The Morgan fingerprint density at radius 2 is 1.30 bits per heavy atom. The second-order valence-electron chi connectivity index (χ2n) is 12.4. The van der Waals surface area contributed by atoms with Crippen molar-refractivity contribution in [1.29, 1.82) is 0 Å². The first-order valence-electron chi connectivity index (χ1n) is 15.7. The van der Waals surface area contributed by atoms with Gasteiger partial charge in [-0.15, -0.1) is 5.75 Å². The van der Waals surface area contributed by atoms with Crippen LogP contribution in [-0.4, -0.2) is 33.9 Å². The molecule has 0 aliphatic heterocycles. The Morgan fingerprint density at radius 1 is 0.659 bits per heavy atom. The lowest BCUT2D eigenvalue weighted by atomic mass is 9.92. The van der Waals surface area contributed by atoms with Crippen molar-refractivity contribution in [1.82, 2.24) is 0 Å². The van der Waals surface area contributed by atoms with E-state index in [-0.39, 0.29) is 22.7 Å². The molecule has 0 radical (unpaired) electrons. The lowest BCUT2D eigenvalue weighted by molar-refractivity contribution is -0.872. The summed E-state index contributed by atoms with van der Waals surface area (Å²) in [5.74, 6) is 2.37. The Balaban J connectivity index is 0.000000400. The zero-order valence-corrected chi connectivity index (χ0v) is 29.0. The van der Waals surface area contributed by atoms with Crippen LogP contribution >= 0.6 is 0 Å². The third-order valence-electron chi connectivity index (χ3n) is 7.04. The van der Waals surface area contributed by atoms with Crippen molar-refractivity contribution in [2.24, 2.45) is 11.8 Å². The van der Waals surface area contributed by atoms with E-state index in [1.54, 1.807) is 12.1 Å². The van der Waals surface area contributed by atoms with Gasteiger partial charge in [0.05, 0.1) is 27.3 Å². The summed E-state index contributed by atoms with van der Waals surface area (Å²) in [6, 6.07) is 32.1. The maximum atomic E-state index is 11.4. The van der Waals surface area contributed by atoms with E-state index in [1.807, 2.05) is 42.5 Å². The van der Waals surface area contributed by atoms with Gasteiger partial charge in [0, 0.05) is 5.56 Å². The maximum Gasteiger partial charge on any atom is 0.122 e. The molecule has 4 aromatic carbocycles. The molecule has 0 saturated carbocycles. The van der Waals surface area contributed by atoms with Gasteiger partial charge in [-0.1, -0.05) is 119 Å². The number of rotatable bonds is 14. The quantitative estimate of drug-likeness (QED) is 0.210. The van der Waals surface area contributed by atoms with Crippen molar-refractivity contribution in [3.8, 4) is 22.6 Å². The molecule has 4 aromatic rings. The molecule has 238 valence electrons. The van der Waals surface area contributed by atoms with Crippen molar-refractivity contribution >= 4 is 0 Å². The molecule has 0 unspecified atom stereocenters. The summed E-state index contributed by atoms with van der Waals surface area (Å²) in [6.45, 7) is 12.1. The Hall–Kier alpha value is -3.12. The Kier molecular flexibility index (Phi) is 16.9. The minimum atomic E-state index is 0. The van der Waals surface area contributed by atoms with E-state index in [2.05, 4.69) is 84.3 Å². The van der Waals surface area contributed by atoms with Gasteiger partial charge in [-0.05, 0) is 65.0 Å². The molecule has 4 rings (SSSR count). The van der Waals surface area contributed by atoms with Crippen LogP contribution < -0.4 is 31.7 Å². The van der Waals surface area contributed by atoms with Crippen molar-refractivity contribution in [3.05, 3.63) is 119 Å². The monoisotopic (exact) mass is 660 g/mol. The van der Waals surface area contributed by atoms with Gasteiger partial charge >= 0.3 is 0 Å². The van der Waals surface area contributed by atoms with Crippen LogP contribution in [0.3, 0.4) is 0 Å². The largest absolute Gasteiger partial charge is 1.00 e. The molecule has 0 saturated heterocycles. The van der Waals surface area contributed by atoms with Crippen LogP contribution in [0.25, 0.3) is 11.1 Å². The Bertz CT molecular complexity index is 1340. The predicted octanol–water partition coefficient (Wildman–Crippen LogP) is 3.80. The van der Waals surface area contributed by atoms with Crippen molar-refractivity contribution in [2.45, 2.75) is 53.5 Å². The minimum Gasteiger partial charge on any atom is -1.00 e. The third kappa shape index (κ3) is 13.3. The van der Waals surface area contributed by atoms with E-state index in [4.69, 9.17) is 9.47 Å². The number of hydrogen-bond acceptors (Lipinski definition) is 3.